The number of hydrogen-bond donors (Lipinski definition) is 1. The summed E-state index contributed by atoms with van der Waals surface area (Å²) in [5.41, 5.74) is 4.45. The van der Waals surface area contributed by atoms with Crippen LogP contribution in [0, 0.1) is 5.82 Å². The van der Waals surface area contributed by atoms with Crippen LogP contribution in [0.4, 0.5) is 10.1 Å². The van der Waals surface area contributed by atoms with E-state index in [2.05, 4.69) is 10.5 Å². The van der Waals surface area contributed by atoms with E-state index >= 15 is 0 Å². The number of anilines is 1. The van der Waals surface area contributed by atoms with E-state index in [1.54, 1.807) is 18.3 Å². The number of nitrogens with zero attached hydrogens (tertiary/aromatic N) is 1. The first kappa shape index (κ1) is 13.1. The zero-order valence-corrected chi connectivity index (χ0v) is 10.6. The molecule has 0 aliphatic carbocycles. The lowest BCUT2D eigenvalue weighted by molar-refractivity contribution is 0.340. The zero-order chi connectivity index (χ0) is 13.5. The van der Waals surface area contributed by atoms with Crippen LogP contribution in [0.1, 0.15) is 12.5 Å². The lowest BCUT2D eigenvalue weighted by Gasteiger charge is -2.06. The van der Waals surface area contributed by atoms with Gasteiger partial charge in [0.15, 0.2) is 0 Å². The van der Waals surface area contributed by atoms with Crippen molar-refractivity contribution >= 4 is 11.9 Å². The minimum absolute atomic E-state index is 0.267. The fourth-order valence-corrected chi connectivity index (χ4v) is 1.57. The summed E-state index contributed by atoms with van der Waals surface area (Å²) in [6.45, 7) is 2.54. The molecule has 19 heavy (non-hydrogen) atoms. The second-order valence-electron chi connectivity index (χ2n) is 3.85. The van der Waals surface area contributed by atoms with E-state index < -0.39 is 0 Å². The molecule has 0 amide bonds. The van der Waals surface area contributed by atoms with Gasteiger partial charge in [-0.2, -0.15) is 5.10 Å². The van der Waals surface area contributed by atoms with Crippen LogP contribution >= 0.6 is 0 Å². The van der Waals surface area contributed by atoms with Gasteiger partial charge in [0, 0.05) is 5.56 Å². The summed E-state index contributed by atoms with van der Waals surface area (Å²) < 4.78 is 18.2. The van der Waals surface area contributed by atoms with Crippen LogP contribution in [0.5, 0.6) is 5.75 Å². The maximum absolute atomic E-state index is 12.7. The van der Waals surface area contributed by atoms with E-state index in [1.807, 2.05) is 31.2 Å². The highest BCUT2D eigenvalue weighted by molar-refractivity contribution is 5.83. The topological polar surface area (TPSA) is 33.6 Å². The van der Waals surface area contributed by atoms with Crippen molar-refractivity contribution in [1.82, 2.24) is 0 Å². The van der Waals surface area contributed by atoms with Crippen LogP contribution in [0.3, 0.4) is 0 Å². The summed E-state index contributed by atoms with van der Waals surface area (Å²) in [7, 11) is 0. The van der Waals surface area contributed by atoms with Gasteiger partial charge in [0.25, 0.3) is 0 Å². The van der Waals surface area contributed by atoms with E-state index in [0.717, 1.165) is 17.0 Å². The molecule has 2 rings (SSSR count). The zero-order valence-electron chi connectivity index (χ0n) is 10.6. The number of nitrogens with one attached hydrogen (secondary N) is 1. The fourth-order valence-electron chi connectivity index (χ4n) is 1.57. The predicted molar refractivity (Wildman–Crippen MR) is 75.2 cm³/mol. The second kappa shape index (κ2) is 6.54. The van der Waals surface area contributed by atoms with E-state index in [-0.39, 0.29) is 5.82 Å². The van der Waals surface area contributed by atoms with E-state index in [9.17, 15) is 4.39 Å². The second-order valence-corrected chi connectivity index (χ2v) is 3.85. The molecule has 2 aromatic rings. The molecule has 0 spiro atoms. The summed E-state index contributed by atoms with van der Waals surface area (Å²) in [6, 6.07) is 13.7. The monoisotopic (exact) mass is 258 g/mol. The van der Waals surface area contributed by atoms with Gasteiger partial charge in [-0.1, -0.05) is 12.1 Å². The van der Waals surface area contributed by atoms with Crippen molar-refractivity contribution in [2.75, 3.05) is 12.0 Å². The third kappa shape index (κ3) is 3.81. The molecular weight excluding hydrogens is 243 g/mol. The summed E-state index contributed by atoms with van der Waals surface area (Å²) in [6.07, 6.45) is 1.67. The van der Waals surface area contributed by atoms with Gasteiger partial charge >= 0.3 is 0 Å². The van der Waals surface area contributed by atoms with Crippen molar-refractivity contribution in [3.8, 4) is 5.75 Å². The smallest absolute Gasteiger partial charge is 0.128 e. The van der Waals surface area contributed by atoms with Crippen molar-refractivity contribution in [3.05, 3.63) is 59.9 Å². The normalized spacial score (nSPS) is 10.6. The molecule has 0 atom stereocenters. The summed E-state index contributed by atoms with van der Waals surface area (Å²) >= 11 is 0. The molecule has 0 aliphatic heterocycles. The van der Waals surface area contributed by atoms with Crippen LogP contribution in [0.25, 0.3) is 0 Å². The number of rotatable bonds is 5. The van der Waals surface area contributed by atoms with Gasteiger partial charge in [0.05, 0.1) is 18.5 Å². The van der Waals surface area contributed by atoms with Gasteiger partial charge in [0.2, 0.25) is 0 Å². The molecule has 0 saturated heterocycles. The molecule has 0 bridgehead atoms. The Morgan fingerprint density at radius 1 is 1.16 bits per heavy atom. The van der Waals surface area contributed by atoms with Gasteiger partial charge in [0.1, 0.15) is 11.6 Å². The van der Waals surface area contributed by atoms with Crippen LogP contribution in [-0.4, -0.2) is 12.8 Å². The number of ether oxygens (including phenoxy) is 1. The Kier molecular flexibility index (Phi) is 4.50. The van der Waals surface area contributed by atoms with E-state index in [0.29, 0.717) is 6.61 Å². The molecular formula is C15H15FN2O. The standard InChI is InChI=1S/C15H15FN2O/c1-2-19-15-6-4-3-5-12(15)11-17-18-14-9-7-13(16)8-10-14/h3-11,18H,2H2,1H3/b17-11-. The number of benzene rings is 2. The lowest BCUT2D eigenvalue weighted by Crippen LogP contribution is -1.97. The molecule has 0 fully saturated rings. The molecule has 0 aliphatic rings. The molecule has 0 radical (unpaired) electrons. The van der Waals surface area contributed by atoms with Crippen LogP contribution in [-0.2, 0) is 0 Å². The third-order valence-corrected chi connectivity index (χ3v) is 2.46. The summed E-state index contributed by atoms with van der Waals surface area (Å²) in [5, 5.41) is 4.11. The van der Waals surface area contributed by atoms with Crippen LogP contribution < -0.4 is 10.2 Å². The Hall–Kier alpha value is -2.36. The van der Waals surface area contributed by atoms with Crippen molar-refractivity contribution in [3.63, 3.8) is 0 Å². The van der Waals surface area contributed by atoms with E-state index in [1.165, 1.54) is 12.1 Å². The van der Waals surface area contributed by atoms with Crippen molar-refractivity contribution in [1.29, 1.82) is 0 Å². The molecule has 0 heterocycles. The van der Waals surface area contributed by atoms with Gasteiger partial charge in [-0.15, -0.1) is 0 Å². The largest absolute Gasteiger partial charge is 0.493 e. The molecule has 0 unspecified atom stereocenters. The molecule has 4 heteroatoms. The van der Waals surface area contributed by atoms with Gasteiger partial charge in [-0.25, -0.2) is 4.39 Å². The minimum atomic E-state index is -0.267. The number of hydrazone groups is 1. The minimum Gasteiger partial charge on any atom is -0.493 e. The van der Waals surface area contributed by atoms with Crippen molar-refractivity contribution in [2.45, 2.75) is 6.92 Å². The van der Waals surface area contributed by atoms with Gasteiger partial charge in [-0.05, 0) is 43.3 Å². The summed E-state index contributed by atoms with van der Waals surface area (Å²) in [4.78, 5) is 0. The first-order valence-corrected chi connectivity index (χ1v) is 6.06. The molecule has 0 aromatic heterocycles. The quantitative estimate of drug-likeness (QED) is 0.655. The van der Waals surface area contributed by atoms with Crippen molar-refractivity contribution < 1.29 is 9.13 Å². The molecule has 3 nitrogen and oxygen atoms in total. The first-order valence-electron chi connectivity index (χ1n) is 6.06. The first-order chi connectivity index (χ1) is 9.29. The number of para-hydroxylation sites is 1. The SMILES string of the molecule is CCOc1ccccc1/C=N\Nc1ccc(F)cc1. The molecule has 98 valence electrons. The highest BCUT2D eigenvalue weighted by Crippen LogP contribution is 2.16. The van der Waals surface area contributed by atoms with E-state index in [4.69, 9.17) is 4.74 Å². The highest BCUT2D eigenvalue weighted by Gasteiger charge is 1.98. The third-order valence-electron chi connectivity index (χ3n) is 2.46. The van der Waals surface area contributed by atoms with Gasteiger partial charge in [-0.3, -0.25) is 5.43 Å². The molecule has 0 saturated carbocycles. The molecule has 2 aromatic carbocycles. The fraction of sp³-hybridized carbons (Fsp3) is 0.133. The average molecular weight is 258 g/mol. The van der Waals surface area contributed by atoms with Crippen LogP contribution in [0.15, 0.2) is 53.6 Å². The Bertz CT molecular complexity index is 552. The molecule has 1 N–H and O–H groups in total. The highest BCUT2D eigenvalue weighted by atomic mass is 19.1. The maximum Gasteiger partial charge on any atom is 0.128 e. The lowest BCUT2D eigenvalue weighted by atomic mass is 10.2. The predicted octanol–water partition coefficient (Wildman–Crippen LogP) is 3.67. The Morgan fingerprint density at radius 2 is 1.89 bits per heavy atom. The Balaban J connectivity index is 2.04. The average Bonchev–Trinajstić information content (AvgIpc) is 2.43. The van der Waals surface area contributed by atoms with Crippen molar-refractivity contribution in [2.24, 2.45) is 5.10 Å². The Labute approximate surface area is 111 Å². The number of hydrogen-bond acceptors (Lipinski definition) is 3. The van der Waals surface area contributed by atoms with Crippen LogP contribution in [0.2, 0.25) is 0 Å². The number of halogens is 1. The Morgan fingerprint density at radius 3 is 2.63 bits per heavy atom. The summed E-state index contributed by atoms with van der Waals surface area (Å²) in [5.74, 6) is 0.519. The maximum atomic E-state index is 12.7. The van der Waals surface area contributed by atoms with Gasteiger partial charge < -0.3 is 4.74 Å².